The van der Waals surface area contributed by atoms with Crippen molar-refractivity contribution in [3.05, 3.63) is 41.5 Å². The zero-order valence-corrected chi connectivity index (χ0v) is 11.9. The Morgan fingerprint density at radius 1 is 1.00 bits per heavy atom. The van der Waals surface area contributed by atoms with Crippen LogP contribution in [0.2, 0.25) is 0 Å². The maximum Gasteiger partial charge on any atom is 0.157 e. The molecule has 4 N–H and O–H groups in total. The van der Waals surface area contributed by atoms with Gasteiger partial charge in [0.1, 0.15) is 23.4 Å². The fourth-order valence-electron chi connectivity index (χ4n) is 2.65. The molecule has 0 radical (unpaired) electrons. The van der Waals surface area contributed by atoms with Gasteiger partial charge in [0.05, 0.1) is 0 Å². The minimum Gasteiger partial charge on any atom is -0.508 e. The number of benzene rings is 2. The van der Waals surface area contributed by atoms with Gasteiger partial charge in [0.15, 0.2) is 17.6 Å². The minimum absolute atomic E-state index is 0.0518. The second-order valence-electron chi connectivity index (χ2n) is 5.21. The van der Waals surface area contributed by atoms with E-state index in [1.54, 1.807) is 6.07 Å². The van der Waals surface area contributed by atoms with Crippen molar-refractivity contribution < 1.29 is 29.9 Å². The van der Waals surface area contributed by atoms with Crippen LogP contribution in [0.5, 0.6) is 28.7 Å². The van der Waals surface area contributed by atoms with Crippen molar-refractivity contribution in [3.8, 4) is 28.7 Å². The maximum absolute atomic E-state index is 9.92. The van der Waals surface area contributed by atoms with E-state index in [4.69, 9.17) is 9.47 Å². The van der Waals surface area contributed by atoms with E-state index in [1.807, 2.05) is 0 Å². The van der Waals surface area contributed by atoms with Gasteiger partial charge < -0.3 is 29.9 Å². The summed E-state index contributed by atoms with van der Waals surface area (Å²) in [4.78, 5) is 0. The van der Waals surface area contributed by atoms with Gasteiger partial charge in [0.25, 0.3) is 0 Å². The molecule has 3 rings (SSSR count). The quantitative estimate of drug-likeness (QED) is 0.635. The van der Waals surface area contributed by atoms with Gasteiger partial charge in [0, 0.05) is 31.2 Å². The summed E-state index contributed by atoms with van der Waals surface area (Å²) >= 11 is 0. The third-order valence-corrected chi connectivity index (χ3v) is 3.80. The van der Waals surface area contributed by atoms with Gasteiger partial charge in [-0.1, -0.05) is 6.07 Å². The first kappa shape index (κ1) is 14.3. The summed E-state index contributed by atoms with van der Waals surface area (Å²) in [6.45, 7) is 0. The molecule has 22 heavy (non-hydrogen) atoms. The molecule has 0 aromatic heterocycles. The topological polar surface area (TPSA) is 99.4 Å². The highest BCUT2D eigenvalue weighted by atomic mass is 16.5. The third kappa shape index (κ3) is 2.37. The number of aromatic hydroxyl groups is 4. The molecule has 1 aliphatic rings. The summed E-state index contributed by atoms with van der Waals surface area (Å²) in [6.07, 6.45) is -0.526. The van der Waals surface area contributed by atoms with Gasteiger partial charge in [-0.25, -0.2) is 0 Å². The van der Waals surface area contributed by atoms with Crippen LogP contribution in [-0.4, -0.2) is 33.6 Å². The van der Waals surface area contributed by atoms with Crippen molar-refractivity contribution >= 4 is 0 Å². The molecule has 1 unspecified atom stereocenters. The fourth-order valence-corrected chi connectivity index (χ4v) is 2.65. The van der Waals surface area contributed by atoms with Crippen LogP contribution >= 0.6 is 0 Å². The molecule has 1 aliphatic heterocycles. The lowest BCUT2D eigenvalue weighted by Gasteiger charge is -2.33. The standard InChI is InChI=1S/C16H16O6/c1-21-15-7-10-12(19)5-9(17)6-14(10)22-16(15)8-2-3-11(18)13(20)4-8/h2-6,15-20H,7H2,1H3/t15-,16?/m1/s1. The Morgan fingerprint density at radius 2 is 1.77 bits per heavy atom. The average molecular weight is 304 g/mol. The monoisotopic (exact) mass is 304 g/mol. The second kappa shape index (κ2) is 5.31. The summed E-state index contributed by atoms with van der Waals surface area (Å²) < 4.78 is 11.3. The number of methoxy groups -OCH3 is 1. The highest BCUT2D eigenvalue weighted by Gasteiger charge is 2.33. The Bertz CT molecular complexity index is 712. The molecular weight excluding hydrogens is 288 g/mol. The number of hydrogen-bond donors (Lipinski definition) is 4. The smallest absolute Gasteiger partial charge is 0.157 e. The normalized spacial score (nSPS) is 20.2. The first-order valence-corrected chi connectivity index (χ1v) is 6.75. The molecule has 1 heterocycles. The first-order valence-electron chi connectivity index (χ1n) is 6.75. The van der Waals surface area contributed by atoms with E-state index in [0.717, 1.165) is 0 Å². The molecule has 2 atom stereocenters. The van der Waals surface area contributed by atoms with E-state index in [9.17, 15) is 20.4 Å². The SMILES string of the molecule is CO[C@@H]1Cc2c(O)cc(O)cc2OC1c1ccc(O)c(O)c1. The maximum atomic E-state index is 9.92. The van der Waals surface area contributed by atoms with Crippen molar-refractivity contribution in [1.82, 2.24) is 0 Å². The number of fused-ring (bicyclic) bond motifs is 1. The Kier molecular flexibility index (Phi) is 3.46. The van der Waals surface area contributed by atoms with Crippen LogP contribution in [0.1, 0.15) is 17.2 Å². The van der Waals surface area contributed by atoms with Crippen molar-refractivity contribution in [2.75, 3.05) is 7.11 Å². The average Bonchev–Trinajstić information content (AvgIpc) is 2.48. The predicted octanol–water partition coefficient (Wildman–Crippen LogP) is 2.20. The molecule has 116 valence electrons. The highest BCUT2D eigenvalue weighted by molar-refractivity contribution is 5.52. The van der Waals surface area contributed by atoms with Crippen LogP contribution in [0, 0.1) is 0 Å². The van der Waals surface area contributed by atoms with Crippen LogP contribution in [0.4, 0.5) is 0 Å². The van der Waals surface area contributed by atoms with Crippen molar-refractivity contribution in [3.63, 3.8) is 0 Å². The molecule has 6 heteroatoms. The van der Waals surface area contributed by atoms with Crippen LogP contribution in [0.15, 0.2) is 30.3 Å². The summed E-state index contributed by atoms with van der Waals surface area (Å²) in [5.74, 6) is -0.253. The lowest BCUT2D eigenvalue weighted by molar-refractivity contribution is -0.0122. The summed E-state index contributed by atoms with van der Waals surface area (Å²) in [5.41, 5.74) is 1.18. The molecule has 0 spiro atoms. The zero-order chi connectivity index (χ0) is 15.9. The summed E-state index contributed by atoms with van der Waals surface area (Å²) in [5, 5.41) is 38.6. The van der Waals surface area contributed by atoms with Crippen LogP contribution in [-0.2, 0) is 11.2 Å². The van der Waals surface area contributed by atoms with E-state index >= 15 is 0 Å². The van der Waals surface area contributed by atoms with E-state index in [0.29, 0.717) is 23.3 Å². The predicted molar refractivity (Wildman–Crippen MR) is 77.4 cm³/mol. The molecule has 2 aromatic carbocycles. The highest BCUT2D eigenvalue weighted by Crippen LogP contribution is 2.43. The number of phenolic OH excluding ortho intramolecular Hbond substituents is 4. The van der Waals surface area contributed by atoms with E-state index in [2.05, 4.69) is 0 Å². The van der Waals surface area contributed by atoms with E-state index < -0.39 is 6.10 Å². The van der Waals surface area contributed by atoms with Gasteiger partial charge in [-0.2, -0.15) is 0 Å². The number of ether oxygens (including phenoxy) is 2. The molecule has 2 aromatic rings. The van der Waals surface area contributed by atoms with E-state index in [-0.39, 0.29) is 29.1 Å². The Labute approximate surface area is 126 Å². The van der Waals surface area contributed by atoms with Crippen LogP contribution < -0.4 is 4.74 Å². The third-order valence-electron chi connectivity index (χ3n) is 3.80. The molecule has 0 fully saturated rings. The van der Waals surface area contributed by atoms with Crippen molar-refractivity contribution in [1.29, 1.82) is 0 Å². The lowest BCUT2D eigenvalue weighted by atomic mass is 9.93. The Morgan fingerprint density at radius 3 is 2.45 bits per heavy atom. The molecular formula is C16H16O6. The van der Waals surface area contributed by atoms with E-state index in [1.165, 1.54) is 31.4 Å². The summed E-state index contributed by atoms with van der Waals surface area (Å²) in [6, 6.07) is 7.07. The Balaban J connectivity index is 2.02. The fraction of sp³-hybridized carbons (Fsp3) is 0.250. The second-order valence-corrected chi connectivity index (χ2v) is 5.21. The number of rotatable bonds is 2. The van der Waals surface area contributed by atoms with Crippen molar-refractivity contribution in [2.45, 2.75) is 18.6 Å². The van der Waals surface area contributed by atoms with Gasteiger partial charge in [-0.3, -0.25) is 0 Å². The molecule has 0 saturated heterocycles. The van der Waals surface area contributed by atoms with Crippen LogP contribution in [0.3, 0.4) is 0 Å². The van der Waals surface area contributed by atoms with Crippen LogP contribution in [0.25, 0.3) is 0 Å². The van der Waals surface area contributed by atoms with Gasteiger partial charge in [-0.05, 0) is 17.7 Å². The van der Waals surface area contributed by atoms with Gasteiger partial charge in [0.2, 0.25) is 0 Å². The minimum atomic E-state index is -0.537. The Hall–Kier alpha value is -2.60. The molecule has 0 bridgehead atoms. The molecule has 6 nitrogen and oxygen atoms in total. The number of phenols is 4. The zero-order valence-electron chi connectivity index (χ0n) is 11.9. The molecule has 0 aliphatic carbocycles. The van der Waals surface area contributed by atoms with Crippen molar-refractivity contribution in [2.24, 2.45) is 0 Å². The first-order chi connectivity index (χ1) is 10.5. The molecule has 0 saturated carbocycles. The lowest BCUT2D eigenvalue weighted by Crippen LogP contribution is -2.32. The summed E-state index contributed by atoms with van der Waals surface area (Å²) in [7, 11) is 1.53. The van der Waals surface area contributed by atoms with Gasteiger partial charge in [-0.15, -0.1) is 0 Å². The molecule has 0 amide bonds. The largest absolute Gasteiger partial charge is 0.508 e. The number of hydrogen-bond acceptors (Lipinski definition) is 6. The van der Waals surface area contributed by atoms with Gasteiger partial charge >= 0.3 is 0 Å².